The Balaban J connectivity index is 3.26. The number of hydrogen-bond donors (Lipinski definition) is 1. The van der Waals surface area contributed by atoms with E-state index in [2.05, 4.69) is 6.92 Å². The number of unbranched alkanes of at least 4 members (excludes halogenated alkanes) is 11. The maximum atomic E-state index is 8.71. The van der Waals surface area contributed by atoms with Crippen LogP contribution in [0, 0.1) is 0 Å². The molecule has 2 nitrogen and oxygen atoms in total. The fraction of sp³-hybridized carbons (Fsp3) is 1.00. The third-order valence-corrected chi connectivity index (χ3v) is 4.40. The second kappa shape index (κ2) is 18.0. The highest BCUT2D eigenvalue weighted by Gasteiger charge is 2.06. The first kappa shape index (κ1) is 20.9. The minimum absolute atomic E-state index is 0.358. The molecular weight excluding hydrogens is 260 g/mol. The molecule has 0 rings (SSSR count). The van der Waals surface area contributed by atoms with Gasteiger partial charge in [0.25, 0.3) is 0 Å². The summed E-state index contributed by atoms with van der Waals surface area (Å²) >= 11 is 0. The molecule has 0 saturated heterocycles. The molecule has 0 bridgehead atoms. The van der Waals surface area contributed by atoms with Gasteiger partial charge < -0.3 is 9.84 Å². The summed E-state index contributed by atoms with van der Waals surface area (Å²) in [5.41, 5.74) is 0. The van der Waals surface area contributed by atoms with Crippen molar-refractivity contribution in [3.63, 3.8) is 0 Å². The van der Waals surface area contributed by atoms with Gasteiger partial charge in [0, 0.05) is 13.7 Å². The van der Waals surface area contributed by atoms with Gasteiger partial charge in [0.05, 0.1) is 6.10 Å². The van der Waals surface area contributed by atoms with Gasteiger partial charge in [0.15, 0.2) is 0 Å². The second-order valence-electron chi connectivity index (χ2n) is 6.40. The lowest BCUT2D eigenvalue weighted by Gasteiger charge is -2.15. The van der Waals surface area contributed by atoms with E-state index in [-0.39, 0.29) is 0 Å². The normalized spacial score (nSPS) is 12.7. The maximum Gasteiger partial charge on any atom is 0.0571 e. The van der Waals surface area contributed by atoms with Crippen molar-refractivity contribution < 1.29 is 9.84 Å². The molecule has 0 aromatic rings. The molecule has 0 heterocycles. The van der Waals surface area contributed by atoms with Crippen molar-refractivity contribution in [1.29, 1.82) is 0 Å². The summed E-state index contributed by atoms with van der Waals surface area (Å²) in [7, 11) is 1.87. The average Bonchev–Trinajstić information content (AvgIpc) is 2.51. The van der Waals surface area contributed by atoms with Crippen LogP contribution in [0.4, 0.5) is 0 Å². The van der Waals surface area contributed by atoms with Crippen molar-refractivity contribution >= 4 is 0 Å². The quantitative estimate of drug-likeness (QED) is 0.341. The van der Waals surface area contributed by atoms with Gasteiger partial charge in [0.2, 0.25) is 0 Å². The summed E-state index contributed by atoms with van der Waals surface area (Å²) in [6.45, 7) is 2.63. The Morgan fingerprint density at radius 2 is 1.10 bits per heavy atom. The lowest BCUT2D eigenvalue weighted by molar-refractivity contribution is 0.0831. The summed E-state index contributed by atoms with van der Waals surface area (Å²) in [6, 6.07) is 0. The third kappa shape index (κ3) is 16.1. The summed E-state index contributed by atoms with van der Waals surface area (Å²) in [5, 5.41) is 8.71. The molecule has 1 N–H and O–H groups in total. The van der Waals surface area contributed by atoms with Crippen LogP contribution in [0.2, 0.25) is 0 Å². The minimum atomic E-state index is 0.358. The molecule has 128 valence electrons. The highest BCUT2D eigenvalue weighted by Crippen LogP contribution is 2.16. The number of ether oxygens (including phenoxy) is 1. The number of hydrogen-bond acceptors (Lipinski definition) is 2. The fourth-order valence-corrected chi connectivity index (χ4v) is 2.90. The first-order valence-electron chi connectivity index (χ1n) is 9.48. The van der Waals surface area contributed by atoms with Crippen molar-refractivity contribution in [1.82, 2.24) is 0 Å². The van der Waals surface area contributed by atoms with Gasteiger partial charge in [-0.2, -0.15) is 0 Å². The Labute approximate surface area is 133 Å². The van der Waals surface area contributed by atoms with E-state index in [0.717, 1.165) is 6.42 Å². The molecule has 0 aromatic heterocycles. The van der Waals surface area contributed by atoms with Gasteiger partial charge in [-0.3, -0.25) is 0 Å². The summed E-state index contributed by atoms with van der Waals surface area (Å²) in [5.74, 6) is 0. The molecule has 2 heteroatoms. The van der Waals surface area contributed by atoms with E-state index < -0.39 is 0 Å². The van der Waals surface area contributed by atoms with Crippen molar-refractivity contribution in [2.75, 3.05) is 13.7 Å². The summed E-state index contributed by atoms with van der Waals surface area (Å²) < 4.78 is 5.61. The van der Waals surface area contributed by atoms with Crippen molar-refractivity contribution in [2.24, 2.45) is 0 Å². The van der Waals surface area contributed by atoms with Gasteiger partial charge in [0.1, 0.15) is 0 Å². The number of methoxy groups -OCH3 is 1. The van der Waals surface area contributed by atoms with Crippen molar-refractivity contribution in [2.45, 2.75) is 109 Å². The van der Waals surface area contributed by atoms with E-state index in [0.29, 0.717) is 12.7 Å². The Bertz CT molecular complexity index is 182. The first-order chi connectivity index (χ1) is 10.3. The van der Waals surface area contributed by atoms with Gasteiger partial charge in [-0.05, 0) is 19.3 Å². The van der Waals surface area contributed by atoms with Crippen LogP contribution in [0.3, 0.4) is 0 Å². The lowest BCUT2D eigenvalue weighted by Crippen LogP contribution is -2.10. The zero-order valence-corrected chi connectivity index (χ0v) is 14.7. The molecular formula is C19H40O2. The monoisotopic (exact) mass is 300 g/mol. The van der Waals surface area contributed by atoms with Crippen molar-refractivity contribution in [3.05, 3.63) is 0 Å². The van der Waals surface area contributed by atoms with Crippen LogP contribution in [-0.2, 0) is 4.74 Å². The lowest BCUT2D eigenvalue weighted by atomic mass is 10.0. The number of aliphatic hydroxyl groups excluding tert-OH is 1. The zero-order valence-electron chi connectivity index (χ0n) is 14.7. The Hall–Kier alpha value is -0.0800. The van der Waals surface area contributed by atoms with E-state index in [9.17, 15) is 0 Å². The van der Waals surface area contributed by atoms with Gasteiger partial charge >= 0.3 is 0 Å². The van der Waals surface area contributed by atoms with Crippen LogP contribution in [0.1, 0.15) is 103 Å². The zero-order chi connectivity index (χ0) is 15.6. The van der Waals surface area contributed by atoms with E-state index in [1.807, 2.05) is 7.11 Å². The fourth-order valence-electron chi connectivity index (χ4n) is 2.90. The maximum absolute atomic E-state index is 8.71. The minimum Gasteiger partial charge on any atom is -0.396 e. The van der Waals surface area contributed by atoms with Crippen LogP contribution in [0.25, 0.3) is 0 Å². The topological polar surface area (TPSA) is 29.5 Å². The largest absolute Gasteiger partial charge is 0.396 e. The van der Waals surface area contributed by atoms with E-state index in [1.165, 1.54) is 89.9 Å². The predicted octanol–water partition coefficient (Wildman–Crippen LogP) is 5.87. The molecule has 1 atom stereocenters. The van der Waals surface area contributed by atoms with Gasteiger partial charge in [-0.1, -0.05) is 84.0 Å². The molecule has 21 heavy (non-hydrogen) atoms. The molecule has 1 unspecified atom stereocenters. The average molecular weight is 301 g/mol. The molecule has 0 amide bonds. The Morgan fingerprint density at radius 3 is 1.52 bits per heavy atom. The first-order valence-corrected chi connectivity index (χ1v) is 9.48. The molecule has 0 aliphatic rings. The molecule has 0 aromatic carbocycles. The van der Waals surface area contributed by atoms with Crippen LogP contribution >= 0.6 is 0 Å². The second-order valence-corrected chi connectivity index (χ2v) is 6.40. The molecule has 0 saturated carbocycles. The highest BCUT2D eigenvalue weighted by molar-refractivity contribution is 4.59. The van der Waals surface area contributed by atoms with Crippen molar-refractivity contribution in [3.8, 4) is 0 Å². The van der Waals surface area contributed by atoms with E-state index in [1.54, 1.807) is 0 Å². The molecule has 0 spiro atoms. The van der Waals surface area contributed by atoms with E-state index in [4.69, 9.17) is 9.84 Å². The summed E-state index contributed by atoms with van der Waals surface area (Å²) in [4.78, 5) is 0. The standard InChI is InChI=1S/C19H40O2/c1-3-4-5-10-13-16-19(21-2)17-14-11-8-6-7-9-12-15-18-20/h19-20H,3-18H2,1-2H3. The molecule has 0 aliphatic carbocycles. The van der Waals surface area contributed by atoms with Crippen LogP contribution in [0.15, 0.2) is 0 Å². The molecule has 0 radical (unpaired) electrons. The van der Waals surface area contributed by atoms with Gasteiger partial charge in [-0.15, -0.1) is 0 Å². The SMILES string of the molecule is CCCCCCCC(CCCCCCCCCCO)OC. The summed E-state index contributed by atoms with van der Waals surface area (Å²) in [6.07, 6.45) is 20.0. The number of rotatable bonds is 17. The molecule has 0 aliphatic heterocycles. The van der Waals surface area contributed by atoms with Crippen LogP contribution < -0.4 is 0 Å². The van der Waals surface area contributed by atoms with Crippen LogP contribution in [0.5, 0.6) is 0 Å². The molecule has 0 fully saturated rings. The number of aliphatic hydroxyl groups is 1. The van der Waals surface area contributed by atoms with Gasteiger partial charge in [-0.25, -0.2) is 0 Å². The highest BCUT2D eigenvalue weighted by atomic mass is 16.5. The van der Waals surface area contributed by atoms with Crippen LogP contribution in [-0.4, -0.2) is 24.9 Å². The third-order valence-electron chi connectivity index (χ3n) is 4.40. The Kier molecular flexibility index (Phi) is 17.9. The predicted molar refractivity (Wildman–Crippen MR) is 92.8 cm³/mol. The van der Waals surface area contributed by atoms with E-state index >= 15 is 0 Å². The smallest absolute Gasteiger partial charge is 0.0571 e. The Morgan fingerprint density at radius 1 is 0.667 bits per heavy atom.